The summed E-state index contributed by atoms with van der Waals surface area (Å²) < 4.78 is 12.9. The predicted molar refractivity (Wildman–Crippen MR) is 73.4 cm³/mol. The summed E-state index contributed by atoms with van der Waals surface area (Å²) in [5.41, 5.74) is 3.65. The number of hydrogen-bond acceptors (Lipinski definition) is 3. The molecule has 19 heavy (non-hydrogen) atoms. The fraction of sp³-hybridized carbons (Fsp3) is 0.267. The van der Waals surface area contributed by atoms with Crippen LogP contribution in [-0.2, 0) is 13.2 Å². The summed E-state index contributed by atoms with van der Waals surface area (Å²) in [7, 11) is 1.94. The molecule has 0 saturated heterocycles. The van der Waals surface area contributed by atoms with Gasteiger partial charge >= 0.3 is 0 Å². The fourth-order valence-electron chi connectivity index (χ4n) is 2.00. The van der Waals surface area contributed by atoms with Gasteiger partial charge in [-0.3, -0.25) is 4.98 Å². The van der Waals surface area contributed by atoms with Crippen molar-refractivity contribution >= 4 is 5.69 Å². The predicted octanol–water partition coefficient (Wildman–Crippen LogP) is 2.66. The highest BCUT2D eigenvalue weighted by Gasteiger charge is 2.08. The average Bonchev–Trinajstić information content (AvgIpc) is 2.41. The summed E-state index contributed by atoms with van der Waals surface area (Å²) in [5, 5.41) is 9.34. The lowest BCUT2D eigenvalue weighted by Gasteiger charge is -2.22. The number of anilines is 1. The number of aliphatic hydroxyl groups is 1. The maximum absolute atomic E-state index is 12.9. The second-order valence-electron chi connectivity index (χ2n) is 4.60. The first-order valence-electron chi connectivity index (χ1n) is 6.12. The van der Waals surface area contributed by atoms with E-state index in [-0.39, 0.29) is 12.4 Å². The van der Waals surface area contributed by atoms with E-state index in [0.717, 1.165) is 22.5 Å². The molecule has 0 saturated carbocycles. The third-order valence-electron chi connectivity index (χ3n) is 3.01. The Balaban J connectivity index is 2.21. The van der Waals surface area contributed by atoms with Crippen LogP contribution >= 0.6 is 0 Å². The highest BCUT2D eigenvalue weighted by atomic mass is 19.1. The van der Waals surface area contributed by atoms with E-state index < -0.39 is 0 Å². The van der Waals surface area contributed by atoms with Gasteiger partial charge in [0.1, 0.15) is 5.82 Å². The largest absolute Gasteiger partial charge is 0.392 e. The van der Waals surface area contributed by atoms with Crippen molar-refractivity contribution in [3.8, 4) is 0 Å². The van der Waals surface area contributed by atoms with Gasteiger partial charge in [0, 0.05) is 36.7 Å². The van der Waals surface area contributed by atoms with Crippen molar-refractivity contribution in [2.75, 3.05) is 11.9 Å². The number of rotatable bonds is 4. The average molecular weight is 260 g/mol. The summed E-state index contributed by atoms with van der Waals surface area (Å²) in [5.74, 6) is -0.234. The number of hydrogen-bond donors (Lipinski definition) is 1. The van der Waals surface area contributed by atoms with E-state index in [1.54, 1.807) is 18.3 Å². The molecule has 0 bridgehead atoms. The number of nitrogens with zero attached hydrogens (tertiary/aromatic N) is 2. The van der Waals surface area contributed by atoms with E-state index in [1.165, 1.54) is 12.1 Å². The third kappa shape index (κ3) is 3.29. The van der Waals surface area contributed by atoms with Crippen molar-refractivity contribution in [2.45, 2.75) is 20.1 Å². The summed E-state index contributed by atoms with van der Waals surface area (Å²) >= 11 is 0. The second kappa shape index (κ2) is 5.80. The Bertz CT molecular complexity index is 555. The van der Waals surface area contributed by atoms with E-state index in [4.69, 9.17) is 0 Å². The highest BCUT2D eigenvalue weighted by Crippen LogP contribution is 2.21. The SMILES string of the molecule is Cc1cc(N(C)Cc2ccc(F)cc2)c(CO)cn1. The zero-order chi connectivity index (χ0) is 13.8. The first kappa shape index (κ1) is 13.5. The summed E-state index contributed by atoms with van der Waals surface area (Å²) in [6, 6.07) is 8.37. The minimum atomic E-state index is -0.234. The minimum Gasteiger partial charge on any atom is -0.392 e. The van der Waals surface area contributed by atoms with Crippen LogP contribution in [0.15, 0.2) is 36.5 Å². The highest BCUT2D eigenvalue weighted by molar-refractivity contribution is 5.53. The van der Waals surface area contributed by atoms with Crippen LogP contribution in [0.3, 0.4) is 0 Å². The minimum absolute atomic E-state index is 0.0453. The van der Waals surface area contributed by atoms with Crippen LogP contribution < -0.4 is 4.90 Å². The van der Waals surface area contributed by atoms with Gasteiger partial charge in [-0.05, 0) is 30.7 Å². The van der Waals surface area contributed by atoms with E-state index in [2.05, 4.69) is 4.98 Å². The number of aromatic nitrogens is 1. The van der Waals surface area contributed by atoms with Gasteiger partial charge in [-0.25, -0.2) is 4.39 Å². The number of pyridine rings is 1. The number of aliphatic hydroxyl groups excluding tert-OH is 1. The van der Waals surface area contributed by atoms with Crippen molar-refractivity contribution in [2.24, 2.45) is 0 Å². The van der Waals surface area contributed by atoms with Gasteiger partial charge in [0.25, 0.3) is 0 Å². The van der Waals surface area contributed by atoms with Gasteiger partial charge in [0.15, 0.2) is 0 Å². The van der Waals surface area contributed by atoms with Crippen LogP contribution in [0.5, 0.6) is 0 Å². The quantitative estimate of drug-likeness (QED) is 0.918. The Hall–Kier alpha value is -1.94. The molecule has 2 aromatic rings. The Labute approximate surface area is 112 Å². The fourth-order valence-corrected chi connectivity index (χ4v) is 2.00. The van der Waals surface area contributed by atoms with Gasteiger partial charge in [-0.2, -0.15) is 0 Å². The van der Waals surface area contributed by atoms with Crippen molar-refractivity contribution in [1.82, 2.24) is 4.98 Å². The topological polar surface area (TPSA) is 36.4 Å². The van der Waals surface area contributed by atoms with E-state index >= 15 is 0 Å². The lowest BCUT2D eigenvalue weighted by molar-refractivity contribution is 0.281. The zero-order valence-corrected chi connectivity index (χ0v) is 11.1. The summed E-state index contributed by atoms with van der Waals surface area (Å²) in [4.78, 5) is 6.20. The van der Waals surface area contributed by atoms with Crippen molar-refractivity contribution < 1.29 is 9.50 Å². The molecule has 0 atom stereocenters. The number of aryl methyl sites for hydroxylation is 1. The van der Waals surface area contributed by atoms with Gasteiger partial charge in [0.2, 0.25) is 0 Å². The van der Waals surface area contributed by atoms with Gasteiger partial charge in [0.05, 0.1) is 6.61 Å². The molecule has 1 N–H and O–H groups in total. The van der Waals surface area contributed by atoms with Gasteiger partial charge in [-0.15, -0.1) is 0 Å². The van der Waals surface area contributed by atoms with E-state index in [9.17, 15) is 9.50 Å². The van der Waals surface area contributed by atoms with Crippen LogP contribution in [0.2, 0.25) is 0 Å². The second-order valence-corrected chi connectivity index (χ2v) is 4.60. The number of benzene rings is 1. The monoisotopic (exact) mass is 260 g/mol. The Morgan fingerprint density at radius 3 is 2.58 bits per heavy atom. The Morgan fingerprint density at radius 2 is 1.95 bits per heavy atom. The molecular weight excluding hydrogens is 243 g/mol. The van der Waals surface area contributed by atoms with Crippen LogP contribution in [0.25, 0.3) is 0 Å². The maximum atomic E-state index is 12.9. The van der Waals surface area contributed by atoms with Crippen molar-refractivity contribution in [3.05, 3.63) is 59.2 Å². The molecule has 0 fully saturated rings. The maximum Gasteiger partial charge on any atom is 0.123 e. The standard InChI is InChI=1S/C15H17FN2O/c1-11-7-15(13(10-19)8-17-11)18(2)9-12-3-5-14(16)6-4-12/h3-8,19H,9-10H2,1-2H3. The lowest BCUT2D eigenvalue weighted by Crippen LogP contribution is -2.18. The third-order valence-corrected chi connectivity index (χ3v) is 3.01. The molecular formula is C15H17FN2O. The smallest absolute Gasteiger partial charge is 0.123 e. The molecule has 0 spiro atoms. The lowest BCUT2D eigenvalue weighted by atomic mass is 10.1. The zero-order valence-electron chi connectivity index (χ0n) is 11.1. The normalized spacial score (nSPS) is 10.5. The first-order chi connectivity index (χ1) is 9.10. The van der Waals surface area contributed by atoms with Crippen molar-refractivity contribution in [3.63, 3.8) is 0 Å². The molecule has 0 amide bonds. The molecule has 100 valence electrons. The van der Waals surface area contributed by atoms with Crippen LogP contribution in [0.4, 0.5) is 10.1 Å². The molecule has 1 heterocycles. The summed E-state index contributed by atoms with van der Waals surface area (Å²) in [6.45, 7) is 2.52. The summed E-state index contributed by atoms with van der Waals surface area (Å²) in [6.07, 6.45) is 1.69. The van der Waals surface area contributed by atoms with Crippen LogP contribution in [0.1, 0.15) is 16.8 Å². The van der Waals surface area contributed by atoms with Crippen molar-refractivity contribution in [1.29, 1.82) is 0 Å². The molecule has 0 unspecified atom stereocenters. The molecule has 1 aromatic heterocycles. The van der Waals surface area contributed by atoms with E-state index in [0.29, 0.717) is 6.54 Å². The molecule has 2 rings (SSSR count). The first-order valence-corrected chi connectivity index (χ1v) is 6.12. The molecule has 0 radical (unpaired) electrons. The Kier molecular flexibility index (Phi) is 4.12. The van der Waals surface area contributed by atoms with E-state index in [1.807, 2.05) is 24.9 Å². The molecule has 3 nitrogen and oxygen atoms in total. The van der Waals surface area contributed by atoms with Gasteiger partial charge < -0.3 is 10.0 Å². The Morgan fingerprint density at radius 1 is 1.26 bits per heavy atom. The number of halogens is 1. The van der Waals surface area contributed by atoms with Crippen LogP contribution in [0, 0.1) is 12.7 Å². The van der Waals surface area contributed by atoms with Gasteiger partial charge in [-0.1, -0.05) is 12.1 Å². The molecule has 0 aliphatic heterocycles. The molecule has 0 aliphatic rings. The molecule has 4 heteroatoms. The van der Waals surface area contributed by atoms with Crippen LogP contribution in [-0.4, -0.2) is 17.1 Å². The molecule has 1 aromatic carbocycles. The molecule has 0 aliphatic carbocycles.